The lowest BCUT2D eigenvalue weighted by Crippen LogP contribution is -2.13. The molecule has 0 spiro atoms. The van der Waals surface area contributed by atoms with Gasteiger partial charge in [0.05, 0.1) is 0 Å². The maximum absolute atomic E-state index is 13.0. The Morgan fingerprint density at radius 1 is 0.944 bits per heavy atom. The van der Waals surface area contributed by atoms with Gasteiger partial charge in [0.1, 0.15) is 11.6 Å². The standard InChI is InChI=1S/C15H15F2N/c1-11-7-15(17)6-5-13(11)10-18-9-12-3-2-4-14(16)8-12/h2-8,18H,9-10H2,1H3. The summed E-state index contributed by atoms with van der Waals surface area (Å²) >= 11 is 0. The van der Waals surface area contributed by atoms with Gasteiger partial charge in [0, 0.05) is 13.1 Å². The molecule has 0 fully saturated rings. The maximum atomic E-state index is 13.0. The number of halogens is 2. The lowest BCUT2D eigenvalue weighted by atomic mass is 10.1. The molecule has 3 heteroatoms. The van der Waals surface area contributed by atoms with Crippen LogP contribution in [0.25, 0.3) is 0 Å². The molecular formula is C15H15F2N. The van der Waals surface area contributed by atoms with Crippen molar-refractivity contribution in [2.24, 2.45) is 0 Å². The molecule has 0 saturated carbocycles. The second-order valence-electron chi connectivity index (χ2n) is 4.30. The molecule has 1 nitrogen and oxygen atoms in total. The Bertz CT molecular complexity index is 538. The van der Waals surface area contributed by atoms with E-state index in [1.165, 1.54) is 24.3 Å². The molecule has 0 saturated heterocycles. The fourth-order valence-electron chi connectivity index (χ4n) is 1.85. The Morgan fingerprint density at radius 2 is 1.72 bits per heavy atom. The molecule has 0 bridgehead atoms. The Balaban J connectivity index is 1.92. The minimum atomic E-state index is -0.229. The molecule has 0 aliphatic carbocycles. The zero-order chi connectivity index (χ0) is 13.0. The predicted octanol–water partition coefficient (Wildman–Crippen LogP) is 3.56. The Hall–Kier alpha value is -1.74. The van der Waals surface area contributed by atoms with Crippen LogP contribution in [0.5, 0.6) is 0 Å². The van der Waals surface area contributed by atoms with Crippen LogP contribution in [0, 0.1) is 18.6 Å². The summed E-state index contributed by atoms with van der Waals surface area (Å²) in [5.74, 6) is -0.450. The van der Waals surface area contributed by atoms with Crippen LogP contribution in [-0.4, -0.2) is 0 Å². The molecular weight excluding hydrogens is 232 g/mol. The Morgan fingerprint density at radius 3 is 2.44 bits per heavy atom. The summed E-state index contributed by atoms with van der Waals surface area (Å²) in [7, 11) is 0. The largest absolute Gasteiger partial charge is 0.309 e. The summed E-state index contributed by atoms with van der Waals surface area (Å²) in [5.41, 5.74) is 2.87. The molecule has 0 atom stereocenters. The molecule has 1 N–H and O–H groups in total. The SMILES string of the molecule is Cc1cc(F)ccc1CNCc1cccc(F)c1. The highest BCUT2D eigenvalue weighted by atomic mass is 19.1. The number of hydrogen-bond donors (Lipinski definition) is 1. The summed E-state index contributed by atoms with van der Waals surface area (Å²) < 4.78 is 25.9. The maximum Gasteiger partial charge on any atom is 0.123 e. The average Bonchev–Trinajstić information content (AvgIpc) is 2.32. The van der Waals surface area contributed by atoms with E-state index in [-0.39, 0.29) is 11.6 Å². The highest BCUT2D eigenvalue weighted by Gasteiger charge is 2.00. The summed E-state index contributed by atoms with van der Waals surface area (Å²) in [6.45, 7) is 3.11. The monoisotopic (exact) mass is 247 g/mol. The van der Waals surface area contributed by atoms with E-state index in [2.05, 4.69) is 5.32 Å². The highest BCUT2D eigenvalue weighted by Crippen LogP contribution is 2.10. The van der Waals surface area contributed by atoms with Crippen molar-refractivity contribution in [1.29, 1.82) is 0 Å². The van der Waals surface area contributed by atoms with Gasteiger partial charge in [-0.2, -0.15) is 0 Å². The van der Waals surface area contributed by atoms with Crippen molar-refractivity contribution < 1.29 is 8.78 Å². The Kier molecular flexibility index (Phi) is 4.05. The van der Waals surface area contributed by atoms with Crippen molar-refractivity contribution in [3.63, 3.8) is 0 Å². The molecule has 0 unspecified atom stereocenters. The van der Waals surface area contributed by atoms with Crippen LogP contribution in [0.4, 0.5) is 8.78 Å². The lowest BCUT2D eigenvalue weighted by molar-refractivity contribution is 0.617. The van der Waals surface area contributed by atoms with Crippen molar-refractivity contribution in [3.8, 4) is 0 Å². The van der Waals surface area contributed by atoms with Crippen molar-refractivity contribution in [3.05, 3.63) is 70.8 Å². The van der Waals surface area contributed by atoms with Crippen LogP contribution >= 0.6 is 0 Å². The fraction of sp³-hybridized carbons (Fsp3) is 0.200. The van der Waals surface area contributed by atoms with E-state index in [1.54, 1.807) is 12.1 Å². The van der Waals surface area contributed by atoms with Crippen molar-refractivity contribution in [1.82, 2.24) is 5.32 Å². The van der Waals surface area contributed by atoms with Gasteiger partial charge in [-0.3, -0.25) is 0 Å². The van der Waals surface area contributed by atoms with Gasteiger partial charge in [0.15, 0.2) is 0 Å². The average molecular weight is 247 g/mol. The molecule has 0 amide bonds. The van der Waals surface area contributed by atoms with Gasteiger partial charge in [0.25, 0.3) is 0 Å². The first-order valence-electron chi connectivity index (χ1n) is 5.85. The molecule has 2 aromatic rings. The van der Waals surface area contributed by atoms with E-state index in [0.717, 1.165) is 16.7 Å². The third-order valence-corrected chi connectivity index (χ3v) is 2.84. The third kappa shape index (κ3) is 3.37. The van der Waals surface area contributed by atoms with Crippen LogP contribution < -0.4 is 5.32 Å². The predicted molar refractivity (Wildman–Crippen MR) is 68.1 cm³/mol. The zero-order valence-corrected chi connectivity index (χ0v) is 10.2. The molecule has 0 radical (unpaired) electrons. The van der Waals surface area contributed by atoms with Crippen molar-refractivity contribution >= 4 is 0 Å². The van der Waals surface area contributed by atoms with E-state index in [4.69, 9.17) is 0 Å². The van der Waals surface area contributed by atoms with Gasteiger partial charge in [-0.1, -0.05) is 18.2 Å². The van der Waals surface area contributed by atoms with Gasteiger partial charge in [-0.05, 0) is 47.9 Å². The zero-order valence-electron chi connectivity index (χ0n) is 10.2. The summed E-state index contributed by atoms with van der Waals surface area (Å²) in [6.07, 6.45) is 0. The summed E-state index contributed by atoms with van der Waals surface area (Å²) in [4.78, 5) is 0. The first-order valence-corrected chi connectivity index (χ1v) is 5.85. The fourth-order valence-corrected chi connectivity index (χ4v) is 1.85. The second kappa shape index (κ2) is 5.74. The van der Waals surface area contributed by atoms with Gasteiger partial charge in [-0.25, -0.2) is 8.78 Å². The third-order valence-electron chi connectivity index (χ3n) is 2.84. The molecule has 94 valence electrons. The molecule has 2 rings (SSSR count). The number of hydrogen-bond acceptors (Lipinski definition) is 1. The Labute approximate surface area is 105 Å². The molecule has 0 aliphatic heterocycles. The van der Waals surface area contributed by atoms with Crippen LogP contribution in [0.3, 0.4) is 0 Å². The van der Waals surface area contributed by atoms with E-state index < -0.39 is 0 Å². The minimum absolute atomic E-state index is 0.221. The number of aryl methyl sites for hydroxylation is 1. The first kappa shape index (κ1) is 12.7. The summed E-state index contributed by atoms with van der Waals surface area (Å²) in [5, 5.41) is 3.22. The van der Waals surface area contributed by atoms with Crippen LogP contribution in [0.1, 0.15) is 16.7 Å². The van der Waals surface area contributed by atoms with E-state index >= 15 is 0 Å². The smallest absolute Gasteiger partial charge is 0.123 e. The number of rotatable bonds is 4. The van der Waals surface area contributed by atoms with Crippen molar-refractivity contribution in [2.45, 2.75) is 20.0 Å². The molecule has 0 aromatic heterocycles. The first-order chi connectivity index (χ1) is 8.65. The van der Waals surface area contributed by atoms with Gasteiger partial charge < -0.3 is 5.32 Å². The lowest BCUT2D eigenvalue weighted by Gasteiger charge is -2.08. The molecule has 2 aromatic carbocycles. The number of nitrogens with one attached hydrogen (secondary N) is 1. The van der Waals surface area contributed by atoms with E-state index in [0.29, 0.717) is 13.1 Å². The molecule has 18 heavy (non-hydrogen) atoms. The topological polar surface area (TPSA) is 12.0 Å². The van der Waals surface area contributed by atoms with Gasteiger partial charge >= 0.3 is 0 Å². The van der Waals surface area contributed by atoms with Gasteiger partial charge in [0.2, 0.25) is 0 Å². The number of benzene rings is 2. The minimum Gasteiger partial charge on any atom is -0.309 e. The molecule has 0 heterocycles. The van der Waals surface area contributed by atoms with Gasteiger partial charge in [-0.15, -0.1) is 0 Å². The van der Waals surface area contributed by atoms with Crippen LogP contribution in [0.15, 0.2) is 42.5 Å². The second-order valence-corrected chi connectivity index (χ2v) is 4.30. The quantitative estimate of drug-likeness (QED) is 0.871. The van der Waals surface area contributed by atoms with E-state index in [9.17, 15) is 8.78 Å². The normalized spacial score (nSPS) is 10.6. The molecule has 0 aliphatic rings. The van der Waals surface area contributed by atoms with Crippen LogP contribution in [-0.2, 0) is 13.1 Å². The summed E-state index contributed by atoms with van der Waals surface area (Å²) in [6, 6.07) is 11.2. The highest BCUT2D eigenvalue weighted by molar-refractivity contribution is 5.26. The van der Waals surface area contributed by atoms with E-state index in [1.807, 2.05) is 13.0 Å². The van der Waals surface area contributed by atoms with Crippen molar-refractivity contribution in [2.75, 3.05) is 0 Å². The van der Waals surface area contributed by atoms with Crippen LogP contribution in [0.2, 0.25) is 0 Å².